The first kappa shape index (κ1) is 15.7. The van der Waals surface area contributed by atoms with Crippen LogP contribution in [0.15, 0.2) is 36.7 Å². The Labute approximate surface area is 128 Å². The van der Waals surface area contributed by atoms with Gasteiger partial charge < -0.3 is 16.0 Å². The molecule has 2 rings (SSSR count). The topological polar surface area (TPSA) is 78.9 Å². The van der Waals surface area contributed by atoms with Gasteiger partial charge in [0, 0.05) is 32.0 Å². The molecule has 0 spiro atoms. The van der Waals surface area contributed by atoms with Crippen LogP contribution in [0.3, 0.4) is 0 Å². The van der Waals surface area contributed by atoms with Crippen molar-refractivity contribution in [2.75, 3.05) is 18.4 Å². The van der Waals surface area contributed by atoms with Gasteiger partial charge in [0.25, 0.3) is 0 Å². The first-order valence-electron chi connectivity index (χ1n) is 6.93. The van der Waals surface area contributed by atoms with E-state index in [1.54, 1.807) is 37.5 Å². The molecule has 0 radical (unpaired) electrons. The normalized spacial score (nSPS) is 10.1. The Hall–Kier alpha value is -2.70. The van der Waals surface area contributed by atoms with Crippen molar-refractivity contribution in [3.8, 4) is 0 Å². The van der Waals surface area contributed by atoms with Crippen molar-refractivity contribution in [1.29, 1.82) is 0 Å². The van der Waals surface area contributed by atoms with Crippen molar-refractivity contribution in [2.45, 2.75) is 13.5 Å². The molecule has 0 bridgehead atoms. The van der Waals surface area contributed by atoms with Crippen LogP contribution in [0, 0.1) is 12.7 Å². The van der Waals surface area contributed by atoms with E-state index in [-0.39, 0.29) is 18.4 Å². The number of halogens is 1. The quantitative estimate of drug-likeness (QED) is 0.711. The summed E-state index contributed by atoms with van der Waals surface area (Å²) in [4.78, 5) is 19.6. The average molecular weight is 303 g/mol. The van der Waals surface area contributed by atoms with Gasteiger partial charge in [-0.3, -0.25) is 0 Å². The number of benzene rings is 1. The number of nitrogens with zero attached hydrogens (tertiary/aromatic N) is 2. The zero-order valence-electron chi connectivity index (χ0n) is 12.3. The van der Waals surface area contributed by atoms with Crippen LogP contribution in [0.4, 0.5) is 15.1 Å². The fourth-order valence-electron chi connectivity index (χ4n) is 1.73. The third-order valence-electron chi connectivity index (χ3n) is 2.95. The predicted octanol–water partition coefficient (Wildman–Crippen LogP) is 1.84. The van der Waals surface area contributed by atoms with Gasteiger partial charge in [0.05, 0.1) is 0 Å². The first-order chi connectivity index (χ1) is 10.6. The second-order valence-corrected chi connectivity index (χ2v) is 4.69. The van der Waals surface area contributed by atoms with Crippen LogP contribution in [0.5, 0.6) is 0 Å². The molecule has 0 fully saturated rings. The molecule has 0 saturated carbocycles. The van der Waals surface area contributed by atoms with E-state index in [1.807, 2.05) is 0 Å². The lowest BCUT2D eigenvalue weighted by molar-refractivity contribution is 0.241. The van der Waals surface area contributed by atoms with Gasteiger partial charge in [-0.25, -0.2) is 19.2 Å². The van der Waals surface area contributed by atoms with Gasteiger partial charge in [0.2, 0.25) is 5.95 Å². The Morgan fingerprint density at radius 1 is 1.18 bits per heavy atom. The number of aryl methyl sites for hydroxylation is 1. The molecule has 0 saturated heterocycles. The molecule has 1 heterocycles. The molecule has 22 heavy (non-hydrogen) atoms. The molecular formula is C15H18FN5O. The molecule has 0 aliphatic carbocycles. The van der Waals surface area contributed by atoms with Gasteiger partial charge in [-0.05, 0) is 30.2 Å². The second-order valence-electron chi connectivity index (χ2n) is 4.69. The highest BCUT2D eigenvalue weighted by molar-refractivity contribution is 5.73. The fraction of sp³-hybridized carbons (Fsp3) is 0.267. The number of carbonyl (C=O) groups excluding carboxylic acids is 1. The van der Waals surface area contributed by atoms with E-state index >= 15 is 0 Å². The number of urea groups is 1. The molecule has 6 nitrogen and oxygen atoms in total. The van der Waals surface area contributed by atoms with Gasteiger partial charge in [-0.1, -0.05) is 12.1 Å². The van der Waals surface area contributed by atoms with E-state index in [2.05, 4.69) is 25.9 Å². The SMILES string of the molecule is Cc1ccc(CNC(=O)NCCNc2ncccn2)cc1F. The molecule has 7 heteroatoms. The highest BCUT2D eigenvalue weighted by Crippen LogP contribution is 2.08. The maximum Gasteiger partial charge on any atom is 0.315 e. The van der Waals surface area contributed by atoms with Crippen LogP contribution < -0.4 is 16.0 Å². The summed E-state index contributed by atoms with van der Waals surface area (Å²) in [6, 6.07) is 6.31. The molecule has 0 aliphatic rings. The standard InChI is InChI=1S/C15H18FN5O/c1-11-3-4-12(9-13(11)16)10-21-15(22)20-8-7-19-14-17-5-2-6-18-14/h2-6,9H,7-8,10H2,1H3,(H,17,18,19)(H2,20,21,22). The summed E-state index contributed by atoms with van der Waals surface area (Å²) in [6.45, 7) is 2.91. The molecule has 2 amide bonds. The van der Waals surface area contributed by atoms with Gasteiger partial charge in [0.15, 0.2) is 0 Å². The van der Waals surface area contributed by atoms with Crippen molar-refractivity contribution >= 4 is 12.0 Å². The molecule has 116 valence electrons. The third kappa shape index (κ3) is 5.01. The fourth-order valence-corrected chi connectivity index (χ4v) is 1.73. The molecule has 1 aromatic carbocycles. The lowest BCUT2D eigenvalue weighted by Crippen LogP contribution is -2.37. The van der Waals surface area contributed by atoms with E-state index in [4.69, 9.17) is 0 Å². The minimum absolute atomic E-state index is 0.272. The average Bonchev–Trinajstić information content (AvgIpc) is 2.54. The van der Waals surface area contributed by atoms with E-state index in [1.165, 1.54) is 6.07 Å². The number of nitrogens with one attached hydrogen (secondary N) is 3. The molecule has 1 aromatic heterocycles. The van der Waals surface area contributed by atoms with Crippen LogP contribution in [0.1, 0.15) is 11.1 Å². The van der Waals surface area contributed by atoms with Crippen LogP contribution in [0.2, 0.25) is 0 Å². The molecule has 2 aromatic rings. The molecule has 0 atom stereocenters. The van der Waals surface area contributed by atoms with Crippen molar-refractivity contribution in [3.05, 3.63) is 53.6 Å². The van der Waals surface area contributed by atoms with Crippen LogP contribution in [-0.2, 0) is 6.54 Å². The number of anilines is 1. The molecular weight excluding hydrogens is 285 g/mol. The summed E-state index contributed by atoms with van der Waals surface area (Å²) >= 11 is 0. The largest absolute Gasteiger partial charge is 0.352 e. The second kappa shape index (κ2) is 7.92. The third-order valence-corrected chi connectivity index (χ3v) is 2.95. The van der Waals surface area contributed by atoms with E-state index < -0.39 is 0 Å². The highest BCUT2D eigenvalue weighted by Gasteiger charge is 2.02. The summed E-state index contributed by atoms with van der Waals surface area (Å²) in [5.41, 5.74) is 1.30. The lowest BCUT2D eigenvalue weighted by atomic mass is 10.1. The first-order valence-corrected chi connectivity index (χ1v) is 6.93. The predicted molar refractivity (Wildman–Crippen MR) is 81.9 cm³/mol. The number of hydrogen-bond acceptors (Lipinski definition) is 4. The summed E-state index contributed by atoms with van der Waals surface area (Å²) in [6.07, 6.45) is 3.27. The number of carbonyl (C=O) groups is 1. The monoisotopic (exact) mass is 303 g/mol. The van der Waals surface area contributed by atoms with Crippen molar-refractivity contribution < 1.29 is 9.18 Å². The zero-order chi connectivity index (χ0) is 15.8. The van der Waals surface area contributed by atoms with Crippen LogP contribution >= 0.6 is 0 Å². The summed E-state index contributed by atoms with van der Waals surface area (Å²) in [5.74, 6) is 0.242. The van der Waals surface area contributed by atoms with E-state index in [0.717, 1.165) is 0 Å². The maximum atomic E-state index is 13.4. The Bertz CT molecular complexity index is 621. The number of aromatic nitrogens is 2. The zero-order valence-corrected chi connectivity index (χ0v) is 12.3. The van der Waals surface area contributed by atoms with Gasteiger partial charge in [-0.2, -0.15) is 0 Å². The summed E-state index contributed by atoms with van der Waals surface area (Å²) in [5, 5.41) is 8.33. The lowest BCUT2D eigenvalue weighted by Gasteiger charge is -2.09. The Morgan fingerprint density at radius 2 is 1.95 bits per heavy atom. The smallest absolute Gasteiger partial charge is 0.315 e. The van der Waals surface area contributed by atoms with Gasteiger partial charge >= 0.3 is 6.03 Å². The van der Waals surface area contributed by atoms with E-state index in [9.17, 15) is 9.18 Å². The van der Waals surface area contributed by atoms with Crippen molar-refractivity contribution in [2.24, 2.45) is 0 Å². The number of amides is 2. The van der Waals surface area contributed by atoms with Crippen molar-refractivity contribution in [1.82, 2.24) is 20.6 Å². The van der Waals surface area contributed by atoms with E-state index in [0.29, 0.717) is 30.2 Å². The minimum atomic E-state index is -0.309. The Kier molecular flexibility index (Phi) is 5.65. The Balaban J connectivity index is 1.64. The summed E-state index contributed by atoms with van der Waals surface area (Å²) < 4.78 is 13.4. The molecule has 0 aliphatic heterocycles. The highest BCUT2D eigenvalue weighted by atomic mass is 19.1. The summed E-state index contributed by atoms with van der Waals surface area (Å²) in [7, 11) is 0. The number of hydrogen-bond donors (Lipinski definition) is 3. The van der Waals surface area contributed by atoms with Crippen molar-refractivity contribution in [3.63, 3.8) is 0 Å². The Morgan fingerprint density at radius 3 is 2.68 bits per heavy atom. The number of rotatable bonds is 6. The van der Waals surface area contributed by atoms with Gasteiger partial charge in [0.1, 0.15) is 5.82 Å². The van der Waals surface area contributed by atoms with Crippen LogP contribution in [-0.4, -0.2) is 29.1 Å². The molecule has 0 unspecified atom stereocenters. The molecule has 3 N–H and O–H groups in total. The van der Waals surface area contributed by atoms with Gasteiger partial charge in [-0.15, -0.1) is 0 Å². The maximum absolute atomic E-state index is 13.4. The van der Waals surface area contributed by atoms with Crippen LogP contribution in [0.25, 0.3) is 0 Å². The minimum Gasteiger partial charge on any atom is -0.352 e.